The van der Waals surface area contributed by atoms with E-state index in [-0.39, 0.29) is 0 Å². The van der Waals surface area contributed by atoms with Crippen LogP contribution in [-0.2, 0) is 0 Å². The van der Waals surface area contributed by atoms with Crippen LogP contribution in [0, 0.1) is 27.7 Å². The zero-order chi connectivity index (χ0) is 59.0. The first kappa shape index (κ1) is 51.8. The maximum Gasteiger partial charge on any atom is 0.116 e. The van der Waals surface area contributed by atoms with Gasteiger partial charge in [-0.25, -0.2) is 39.9 Å². The first-order valence-corrected chi connectivity index (χ1v) is 29.3. The van der Waals surface area contributed by atoms with E-state index in [4.69, 9.17) is 39.9 Å². The van der Waals surface area contributed by atoms with E-state index in [1.54, 1.807) is 25.3 Å². The average Bonchev–Trinajstić information content (AvgIpc) is 0.717. The van der Waals surface area contributed by atoms with Crippen molar-refractivity contribution in [3.05, 3.63) is 279 Å². The van der Waals surface area contributed by atoms with Crippen molar-refractivity contribution in [2.24, 2.45) is 0 Å². The zero-order valence-electron chi connectivity index (χ0n) is 48.6. The lowest BCUT2D eigenvalue weighted by Gasteiger charge is -2.36. The highest BCUT2D eigenvalue weighted by Crippen LogP contribution is 2.57. The van der Waals surface area contributed by atoms with E-state index in [1.165, 1.54) is 0 Å². The molecule has 0 aliphatic carbocycles. The van der Waals surface area contributed by atoms with E-state index in [0.717, 1.165) is 166 Å². The molecule has 0 amide bonds. The summed E-state index contributed by atoms with van der Waals surface area (Å²) in [6.45, 7) is 8.72. The summed E-state index contributed by atoms with van der Waals surface area (Å²) in [7, 11) is 0. The first-order valence-electron chi connectivity index (χ1n) is 29.3. The van der Waals surface area contributed by atoms with Gasteiger partial charge in [0.15, 0.2) is 0 Å². The lowest BCUT2D eigenvalue weighted by Crippen LogP contribution is -2.17. The van der Waals surface area contributed by atoms with Gasteiger partial charge in [0.25, 0.3) is 0 Å². The van der Waals surface area contributed by atoms with Gasteiger partial charge in [-0.1, -0.05) is 121 Å². The largest absolute Gasteiger partial charge is 0.309 e. The zero-order valence-corrected chi connectivity index (χ0v) is 48.6. The molecule has 0 aliphatic rings. The molecule has 0 N–H and O–H groups in total. The molecule has 0 spiro atoms. The number of hydrogen-bond donors (Lipinski definition) is 0. The predicted molar refractivity (Wildman–Crippen MR) is 360 cm³/mol. The maximum absolute atomic E-state index is 4.87. The molecule has 16 rings (SSSR count). The number of nitrogens with zero attached hydrogens (tertiary/aromatic N) is 12. The summed E-state index contributed by atoms with van der Waals surface area (Å²) < 4.78 is 0. The van der Waals surface area contributed by atoms with Crippen LogP contribution in [0.1, 0.15) is 22.3 Å². The van der Waals surface area contributed by atoms with Crippen molar-refractivity contribution in [3.8, 4) is 0 Å². The van der Waals surface area contributed by atoms with Gasteiger partial charge in [0, 0.05) is 101 Å². The second-order valence-electron chi connectivity index (χ2n) is 22.3. The molecule has 0 unspecified atom stereocenters. The number of anilines is 12. The lowest BCUT2D eigenvalue weighted by molar-refractivity contribution is 1.20. The van der Waals surface area contributed by atoms with Gasteiger partial charge in [0.1, 0.15) is 25.3 Å². The molecule has 0 saturated heterocycles. The van der Waals surface area contributed by atoms with Gasteiger partial charge in [-0.2, -0.15) is 0 Å². The van der Waals surface area contributed by atoms with Crippen LogP contribution >= 0.6 is 0 Å². The summed E-state index contributed by atoms with van der Waals surface area (Å²) in [6, 6.07) is 73.9. The standard InChI is InChI=1S/C76H54N12/c1-47-25-33-63-59(39-77-43-81-63)73(47)85(51-17-9-5-10-18-51)67-37-68(86(52-19-11-6-12-20-52)74-48(2)26-34-64-60(74)40-78-44-82-64)56-31-32-58-70(88(54-23-15-8-16-24-54)76-50(4)28-36-66-62(76)42-80-46-84-66)38-69(57-30-29-55(67)71(56)72(57)58)87(53-21-13-7-14-22-53)75-49(3)27-35-65-61(75)41-79-45-83-65/h5-46H,1-4H3. The minimum atomic E-state index is 0.839. The molecule has 4 aromatic heterocycles. The van der Waals surface area contributed by atoms with Gasteiger partial charge in [0.2, 0.25) is 0 Å². The first-order chi connectivity index (χ1) is 43.4. The highest BCUT2D eigenvalue weighted by atomic mass is 15.2. The Kier molecular flexibility index (Phi) is 12.4. The summed E-state index contributed by atoms with van der Waals surface area (Å²) in [4.78, 5) is 47.9. The minimum Gasteiger partial charge on any atom is -0.309 e. The number of aryl methyl sites for hydroxylation is 4. The third-order valence-corrected chi connectivity index (χ3v) is 17.2. The lowest BCUT2D eigenvalue weighted by atomic mass is 9.88. The summed E-state index contributed by atoms with van der Waals surface area (Å²) in [6.07, 6.45) is 14.3. The molecule has 12 heteroatoms. The van der Waals surface area contributed by atoms with Crippen molar-refractivity contribution in [2.45, 2.75) is 27.7 Å². The van der Waals surface area contributed by atoms with Gasteiger partial charge < -0.3 is 19.6 Å². The summed E-state index contributed by atoms with van der Waals surface area (Å²) in [5.74, 6) is 0. The maximum atomic E-state index is 4.87. The van der Waals surface area contributed by atoms with Gasteiger partial charge >= 0.3 is 0 Å². The van der Waals surface area contributed by atoms with Crippen LogP contribution in [0.25, 0.3) is 75.9 Å². The molecule has 418 valence electrons. The second-order valence-corrected chi connectivity index (χ2v) is 22.3. The molecule has 4 heterocycles. The fourth-order valence-electron chi connectivity index (χ4n) is 13.3. The number of rotatable bonds is 12. The average molecular weight is 1140 g/mol. The van der Waals surface area contributed by atoms with Crippen molar-refractivity contribution in [1.82, 2.24) is 39.9 Å². The highest BCUT2D eigenvalue weighted by Gasteiger charge is 2.32. The van der Waals surface area contributed by atoms with E-state index < -0.39 is 0 Å². The second kappa shape index (κ2) is 21.1. The number of fused-ring (bicyclic) bond motifs is 4. The van der Waals surface area contributed by atoms with E-state index in [1.807, 2.05) is 24.8 Å². The van der Waals surface area contributed by atoms with Crippen molar-refractivity contribution in [2.75, 3.05) is 19.6 Å². The summed E-state index contributed by atoms with van der Waals surface area (Å²) in [5, 5.41) is 9.94. The van der Waals surface area contributed by atoms with Crippen LogP contribution < -0.4 is 19.6 Å². The van der Waals surface area contributed by atoms with Crippen LogP contribution in [0.3, 0.4) is 0 Å². The van der Waals surface area contributed by atoms with Gasteiger partial charge in [-0.05, 0) is 135 Å². The molecule has 0 saturated carbocycles. The minimum absolute atomic E-state index is 0.839. The molecule has 12 aromatic carbocycles. The molecular formula is C76H54N12. The Morgan fingerprint density at radius 3 is 0.693 bits per heavy atom. The van der Waals surface area contributed by atoms with Crippen molar-refractivity contribution < 1.29 is 0 Å². The molecular weight excluding hydrogens is 1080 g/mol. The molecule has 0 atom stereocenters. The van der Waals surface area contributed by atoms with Crippen LogP contribution in [0.4, 0.5) is 68.2 Å². The Morgan fingerprint density at radius 1 is 0.239 bits per heavy atom. The highest BCUT2D eigenvalue weighted by molar-refractivity contribution is 6.33. The van der Waals surface area contributed by atoms with Crippen LogP contribution in [0.15, 0.2) is 256 Å². The Hall–Kier alpha value is -11.8. The molecule has 16 aromatic rings. The Morgan fingerprint density at radius 2 is 0.466 bits per heavy atom. The molecule has 88 heavy (non-hydrogen) atoms. The van der Waals surface area contributed by atoms with Gasteiger partial charge in [0.05, 0.1) is 67.6 Å². The van der Waals surface area contributed by atoms with E-state index in [9.17, 15) is 0 Å². The van der Waals surface area contributed by atoms with Crippen molar-refractivity contribution in [3.63, 3.8) is 0 Å². The summed E-state index contributed by atoms with van der Waals surface area (Å²) in [5.41, 5.74) is 19.2. The Bertz CT molecular complexity index is 4700. The summed E-state index contributed by atoms with van der Waals surface area (Å²) >= 11 is 0. The van der Waals surface area contributed by atoms with E-state index >= 15 is 0 Å². The third-order valence-electron chi connectivity index (χ3n) is 17.2. The molecule has 0 radical (unpaired) electrons. The van der Waals surface area contributed by atoms with E-state index in [0.29, 0.717) is 0 Å². The Labute approximate surface area is 507 Å². The van der Waals surface area contributed by atoms with Gasteiger partial charge in [-0.15, -0.1) is 0 Å². The quantitative estimate of drug-likeness (QED) is 0.108. The predicted octanol–water partition coefficient (Wildman–Crippen LogP) is 19.5. The smallest absolute Gasteiger partial charge is 0.116 e. The number of para-hydroxylation sites is 4. The van der Waals surface area contributed by atoms with Gasteiger partial charge in [-0.3, -0.25) is 0 Å². The molecule has 12 nitrogen and oxygen atoms in total. The third kappa shape index (κ3) is 8.36. The number of aromatic nitrogens is 8. The number of hydrogen-bond acceptors (Lipinski definition) is 12. The van der Waals surface area contributed by atoms with Crippen molar-refractivity contribution >= 4 is 144 Å². The fourth-order valence-corrected chi connectivity index (χ4v) is 13.3. The molecule has 0 fully saturated rings. The van der Waals surface area contributed by atoms with E-state index in [2.05, 4.69) is 254 Å². The SMILES string of the molecule is Cc1ccc2ncncc2c1N(c1ccccc1)c1cc(N(c2ccccc2)c2c(C)ccc3ncncc23)c2ccc3c(N(c4ccccc4)c4c(C)ccc5ncncc45)cc(N(c4ccccc4)c4c(C)ccc5ncncc45)c4ccc1c2c43. The molecule has 0 bridgehead atoms. The molecule has 0 aliphatic heterocycles. The number of benzene rings is 12. The fraction of sp³-hybridized carbons (Fsp3) is 0.0526. The van der Waals surface area contributed by atoms with Crippen LogP contribution in [0.2, 0.25) is 0 Å². The monoisotopic (exact) mass is 1130 g/mol. The van der Waals surface area contributed by atoms with Crippen LogP contribution in [0.5, 0.6) is 0 Å². The Balaban J connectivity index is 1.15. The topological polar surface area (TPSA) is 116 Å². The van der Waals surface area contributed by atoms with Crippen LogP contribution in [-0.4, -0.2) is 39.9 Å². The normalized spacial score (nSPS) is 11.6. The van der Waals surface area contributed by atoms with Crippen molar-refractivity contribution in [1.29, 1.82) is 0 Å².